The van der Waals surface area contributed by atoms with Crippen LogP contribution in [0.15, 0.2) is 78.2 Å². The number of nitrogens with zero attached hydrogens (tertiary/aromatic N) is 1. The summed E-state index contributed by atoms with van der Waals surface area (Å²) in [6, 6.07) is 11.7. The average Bonchev–Trinajstić information content (AvgIpc) is 2.98. The zero-order valence-corrected chi connectivity index (χ0v) is 17.6. The molecule has 1 aliphatic heterocycles. The predicted octanol–water partition coefficient (Wildman–Crippen LogP) is 5.28. The van der Waals surface area contributed by atoms with Gasteiger partial charge in [-0.2, -0.15) is 0 Å². The number of anilines is 1. The fraction of sp³-hybridized carbons (Fsp3) is 0.0909. The standard InChI is InChI=1S/C22H17Cl2NO5/c1-28-21(26)17-5-3-4-12-25(20(17)22(27)29-2)18-13-15(24)8-11-19(18)30-16-9-6-14(23)7-10-16/h3-13H,1-2H3. The Hall–Kier alpha value is -3.22. The van der Waals surface area contributed by atoms with Crippen LogP contribution in [0.2, 0.25) is 10.0 Å². The molecule has 0 fully saturated rings. The topological polar surface area (TPSA) is 65.1 Å². The van der Waals surface area contributed by atoms with E-state index in [0.717, 1.165) is 0 Å². The lowest BCUT2D eigenvalue weighted by Gasteiger charge is -2.25. The lowest BCUT2D eigenvalue weighted by atomic mass is 10.1. The van der Waals surface area contributed by atoms with Gasteiger partial charge in [-0.3, -0.25) is 0 Å². The molecule has 0 N–H and O–H groups in total. The number of halogens is 2. The highest BCUT2D eigenvalue weighted by atomic mass is 35.5. The highest BCUT2D eigenvalue weighted by molar-refractivity contribution is 6.31. The Kier molecular flexibility index (Phi) is 6.82. The Bertz CT molecular complexity index is 1060. The summed E-state index contributed by atoms with van der Waals surface area (Å²) in [6.45, 7) is 0. The molecule has 0 aromatic heterocycles. The van der Waals surface area contributed by atoms with Crippen molar-refractivity contribution in [2.24, 2.45) is 0 Å². The summed E-state index contributed by atoms with van der Waals surface area (Å²) in [7, 11) is 2.46. The van der Waals surface area contributed by atoms with Gasteiger partial charge >= 0.3 is 11.9 Å². The summed E-state index contributed by atoms with van der Waals surface area (Å²) < 4.78 is 15.7. The second-order valence-electron chi connectivity index (χ2n) is 5.98. The number of carbonyl (C=O) groups is 2. The van der Waals surface area contributed by atoms with Crippen LogP contribution in [-0.2, 0) is 19.1 Å². The molecule has 30 heavy (non-hydrogen) atoms. The van der Waals surface area contributed by atoms with Gasteiger partial charge in [0.2, 0.25) is 0 Å². The maximum absolute atomic E-state index is 12.6. The monoisotopic (exact) mass is 445 g/mol. The number of hydrogen-bond acceptors (Lipinski definition) is 6. The third-order valence-electron chi connectivity index (χ3n) is 4.11. The van der Waals surface area contributed by atoms with E-state index in [4.69, 9.17) is 37.4 Å². The second kappa shape index (κ2) is 9.52. The van der Waals surface area contributed by atoms with Gasteiger partial charge in [0.15, 0.2) is 5.75 Å². The maximum atomic E-state index is 12.6. The maximum Gasteiger partial charge on any atom is 0.355 e. The number of carbonyl (C=O) groups excluding carboxylic acids is 2. The summed E-state index contributed by atoms with van der Waals surface area (Å²) >= 11 is 12.2. The summed E-state index contributed by atoms with van der Waals surface area (Å²) in [4.78, 5) is 26.4. The minimum absolute atomic E-state index is 0.0202. The predicted molar refractivity (Wildman–Crippen MR) is 115 cm³/mol. The van der Waals surface area contributed by atoms with Gasteiger partial charge in [0.25, 0.3) is 0 Å². The third kappa shape index (κ3) is 4.67. The van der Waals surface area contributed by atoms with Crippen molar-refractivity contribution in [3.05, 3.63) is 88.2 Å². The Morgan fingerprint density at radius 1 is 0.867 bits per heavy atom. The quantitative estimate of drug-likeness (QED) is 0.583. The van der Waals surface area contributed by atoms with E-state index in [9.17, 15) is 9.59 Å². The first-order valence-electron chi connectivity index (χ1n) is 8.72. The van der Waals surface area contributed by atoms with E-state index in [-0.39, 0.29) is 11.3 Å². The van der Waals surface area contributed by atoms with E-state index in [1.807, 2.05) is 0 Å². The fourth-order valence-corrected chi connectivity index (χ4v) is 3.04. The average molecular weight is 446 g/mol. The van der Waals surface area contributed by atoms with Crippen molar-refractivity contribution in [1.29, 1.82) is 0 Å². The van der Waals surface area contributed by atoms with E-state index in [2.05, 4.69) is 0 Å². The lowest BCUT2D eigenvalue weighted by Crippen LogP contribution is -2.27. The molecule has 2 aromatic rings. The largest absolute Gasteiger partial charge is 0.465 e. The van der Waals surface area contributed by atoms with Gasteiger partial charge in [0.1, 0.15) is 11.4 Å². The van der Waals surface area contributed by atoms with E-state index in [0.29, 0.717) is 27.2 Å². The van der Waals surface area contributed by atoms with Gasteiger partial charge < -0.3 is 19.1 Å². The highest BCUT2D eigenvalue weighted by Gasteiger charge is 2.29. The number of allylic oxidation sites excluding steroid dienone is 2. The summed E-state index contributed by atoms with van der Waals surface area (Å²) in [5.74, 6) is -0.512. The van der Waals surface area contributed by atoms with E-state index in [1.165, 1.54) is 25.2 Å². The minimum atomic E-state index is -0.732. The molecule has 6 nitrogen and oxygen atoms in total. The summed E-state index contributed by atoms with van der Waals surface area (Å²) in [6.07, 6.45) is 6.34. The van der Waals surface area contributed by atoms with Crippen LogP contribution >= 0.6 is 23.2 Å². The summed E-state index contributed by atoms with van der Waals surface area (Å²) in [5, 5.41) is 0.974. The minimum Gasteiger partial charge on any atom is -0.465 e. The Morgan fingerprint density at radius 3 is 2.20 bits per heavy atom. The second-order valence-corrected chi connectivity index (χ2v) is 6.86. The van der Waals surface area contributed by atoms with Crippen molar-refractivity contribution in [2.45, 2.75) is 0 Å². The molecular formula is C22H17Cl2NO5. The van der Waals surface area contributed by atoms with Crippen LogP contribution in [0.1, 0.15) is 0 Å². The molecule has 0 amide bonds. The number of hydrogen-bond donors (Lipinski definition) is 0. The fourth-order valence-electron chi connectivity index (χ4n) is 2.75. The number of rotatable bonds is 5. The van der Waals surface area contributed by atoms with Gasteiger partial charge in [0, 0.05) is 16.2 Å². The Balaban J connectivity index is 2.16. The van der Waals surface area contributed by atoms with Gasteiger partial charge in [-0.15, -0.1) is 0 Å². The van der Waals surface area contributed by atoms with Gasteiger partial charge in [-0.05, 0) is 54.6 Å². The molecule has 3 rings (SSSR count). The first-order chi connectivity index (χ1) is 14.4. The van der Waals surface area contributed by atoms with Crippen LogP contribution in [0.25, 0.3) is 0 Å². The van der Waals surface area contributed by atoms with Gasteiger partial charge in [-0.1, -0.05) is 29.3 Å². The SMILES string of the molecule is COC(=O)C1=C(C(=O)OC)N(c2cc(Cl)ccc2Oc2ccc(Cl)cc2)C=CC=C1. The van der Waals surface area contributed by atoms with Crippen molar-refractivity contribution in [2.75, 3.05) is 19.1 Å². The molecule has 0 saturated carbocycles. The van der Waals surface area contributed by atoms with Gasteiger partial charge in [-0.25, -0.2) is 9.59 Å². The molecule has 0 spiro atoms. The Morgan fingerprint density at radius 2 is 1.53 bits per heavy atom. The van der Waals surface area contributed by atoms with Crippen LogP contribution in [0.5, 0.6) is 11.5 Å². The van der Waals surface area contributed by atoms with Crippen molar-refractivity contribution < 1.29 is 23.8 Å². The molecule has 0 aliphatic carbocycles. The molecule has 0 atom stereocenters. The molecule has 0 unspecified atom stereocenters. The van der Waals surface area contributed by atoms with Crippen molar-refractivity contribution in [1.82, 2.24) is 0 Å². The van der Waals surface area contributed by atoms with E-state index >= 15 is 0 Å². The number of methoxy groups -OCH3 is 2. The smallest absolute Gasteiger partial charge is 0.355 e. The van der Waals surface area contributed by atoms with Crippen molar-refractivity contribution in [3.63, 3.8) is 0 Å². The van der Waals surface area contributed by atoms with Crippen LogP contribution in [-0.4, -0.2) is 26.2 Å². The number of ether oxygens (including phenoxy) is 3. The first kappa shape index (κ1) is 21.5. The molecule has 1 aliphatic rings. The summed E-state index contributed by atoms with van der Waals surface area (Å²) in [5.41, 5.74) is 0.392. The zero-order valence-electron chi connectivity index (χ0n) is 16.1. The lowest BCUT2D eigenvalue weighted by molar-refractivity contribution is -0.139. The third-order valence-corrected chi connectivity index (χ3v) is 4.60. The van der Waals surface area contributed by atoms with Crippen LogP contribution in [0, 0.1) is 0 Å². The van der Waals surface area contributed by atoms with E-state index in [1.54, 1.807) is 60.8 Å². The first-order valence-corrected chi connectivity index (χ1v) is 9.48. The van der Waals surface area contributed by atoms with Crippen LogP contribution in [0.3, 0.4) is 0 Å². The van der Waals surface area contributed by atoms with Crippen molar-refractivity contribution >= 4 is 40.8 Å². The zero-order chi connectivity index (χ0) is 21.7. The van der Waals surface area contributed by atoms with E-state index < -0.39 is 11.9 Å². The molecular weight excluding hydrogens is 429 g/mol. The Labute approximate surface area is 183 Å². The van der Waals surface area contributed by atoms with Crippen LogP contribution < -0.4 is 9.64 Å². The molecule has 0 saturated heterocycles. The normalized spacial score (nSPS) is 13.1. The molecule has 154 valence electrons. The highest BCUT2D eigenvalue weighted by Crippen LogP contribution is 2.38. The molecule has 8 heteroatoms. The van der Waals surface area contributed by atoms with Crippen LogP contribution in [0.4, 0.5) is 5.69 Å². The molecule has 0 bridgehead atoms. The molecule has 0 radical (unpaired) electrons. The molecule has 1 heterocycles. The van der Waals surface area contributed by atoms with Gasteiger partial charge in [0.05, 0.1) is 25.5 Å². The number of esters is 2. The van der Waals surface area contributed by atoms with Crippen molar-refractivity contribution in [3.8, 4) is 11.5 Å². The molecule has 2 aromatic carbocycles. The number of benzene rings is 2.